The third-order valence-corrected chi connectivity index (χ3v) is 3.96. The smallest absolute Gasteiger partial charge is 0.0534 e. The van der Waals surface area contributed by atoms with Crippen molar-refractivity contribution >= 4 is 0 Å². The standard InChI is InChI=1S/C12H20N4/c1-4-14-16(6-1)9-5-13-12-10-15-7-2-11(12)3-8-15/h1,4,6,11-13H,2-3,5,7-10H2. The van der Waals surface area contributed by atoms with Crippen molar-refractivity contribution in [2.75, 3.05) is 26.2 Å². The number of aromatic nitrogens is 2. The fourth-order valence-corrected chi connectivity index (χ4v) is 2.99. The first kappa shape index (κ1) is 10.3. The first-order valence-electron chi connectivity index (χ1n) is 6.35. The Bertz CT molecular complexity index is 314. The molecule has 1 aromatic heterocycles. The van der Waals surface area contributed by atoms with E-state index in [1.165, 1.54) is 32.5 Å². The molecule has 4 nitrogen and oxygen atoms in total. The number of piperidine rings is 3. The summed E-state index contributed by atoms with van der Waals surface area (Å²) in [6.45, 7) is 5.92. The highest BCUT2D eigenvalue weighted by atomic mass is 15.3. The zero-order valence-corrected chi connectivity index (χ0v) is 9.68. The van der Waals surface area contributed by atoms with Crippen molar-refractivity contribution in [1.29, 1.82) is 0 Å². The Kier molecular flexibility index (Phi) is 2.93. The first-order chi connectivity index (χ1) is 7.92. The molecule has 0 spiro atoms. The van der Waals surface area contributed by atoms with Crippen LogP contribution in [0.4, 0.5) is 0 Å². The molecule has 0 amide bonds. The Hall–Kier alpha value is -0.870. The van der Waals surface area contributed by atoms with Crippen molar-refractivity contribution < 1.29 is 0 Å². The van der Waals surface area contributed by atoms with Crippen LogP contribution in [0.2, 0.25) is 0 Å². The maximum absolute atomic E-state index is 4.21. The quantitative estimate of drug-likeness (QED) is 0.805. The molecule has 3 aliphatic heterocycles. The maximum Gasteiger partial charge on any atom is 0.0534 e. The van der Waals surface area contributed by atoms with E-state index in [0.717, 1.165) is 25.0 Å². The van der Waals surface area contributed by atoms with Crippen LogP contribution in [0.5, 0.6) is 0 Å². The molecule has 3 aliphatic rings. The van der Waals surface area contributed by atoms with Gasteiger partial charge in [0.15, 0.2) is 0 Å². The van der Waals surface area contributed by atoms with E-state index in [9.17, 15) is 0 Å². The van der Waals surface area contributed by atoms with Gasteiger partial charge in [-0.2, -0.15) is 5.10 Å². The zero-order chi connectivity index (χ0) is 10.8. The minimum absolute atomic E-state index is 0.720. The van der Waals surface area contributed by atoms with Crippen LogP contribution < -0.4 is 5.32 Å². The van der Waals surface area contributed by atoms with Gasteiger partial charge in [0.1, 0.15) is 0 Å². The fourth-order valence-electron chi connectivity index (χ4n) is 2.99. The lowest BCUT2D eigenvalue weighted by atomic mass is 9.84. The Labute approximate surface area is 96.6 Å². The van der Waals surface area contributed by atoms with Gasteiger partial charge < -0.3 is 10.2 Å². The van der Waals surface area contributed by atoms with Crippen LogP contribution in [0.15, 0.2) is 18.5 Å². The average molecular weight is 220 g/mol. The molecule has 88 valence electrons. The lowest BCUT2D eigenvalue weighted by Gasteiger charge is -2.45. The molecule has 4 heterocycles. The highest BCUT2D eigenvalue weighted by Crippen LogP contribution is 2.27. The summed E-state index contributed by atoms with van der Waals surface area (Å²) in [6, 6.07) is 2.70. The summed E-state index contributed by atoms with van der Waals surface area (Å²) < 4.78 is 1.99. The van der Waals surface area contributed by atoms with Crippen LogP contribution in [-0.4, -0.2) is 46.9 Å². The van der Waals surface area contributed by atoms with Gasteiger partial charge in [-0.15, -0.1) is 0 Å². The minimum atomic E-state index is 0.720. The summed E-state index contributed by atoms with van der Waals surface area (Å²) in [5.41, 5.74) is 0. The van der Waals surface area contributed by atoms with Gasteiger partial charge in [-0.05, 0) is 37.9 Å². The van der Waals surface area contributed by atoms with E-state index in [0.29, 0.717) is 0 Å². The monoisotopic (exact) mass is 220 g/mol. The highest BCUT2D eigenvalue weighted by Gasteiger charge is 2.33. The Morgan fingerprint density at radius 1 is 1.31 bits per heavy atom. The summed E-state index contributed by atoms with van der Waals surface area (Å²) in [5, 5.41) is 7.90. The molecule has 4 heteroatoms. The van der Waals surface area contributed by atoms with Crippen LogP contribution in [-0.2, 0) is 6.54 Å². The van der Waals surface area contributed by atoms with Crippen molar-refractivity contribution in [2.45, 2.75) is 25.4 Å². The number of fused-ring (bicyclic) bond motifs is 3. The summed E-state index contributed by atoms with van der Waals surface area (Å²) >= 11 is 0. The zero-order valence-electron chi connectivity index (χ0n) is 9.68. The van der Waals surface area contributed by atoms with Crippen molar-refractivity contribution in [3.63, 3.8) is 0 Å². The SMILES string of the molecule is c1cnn(CCNC2CN3CCC2CC3)c1. The molecule has 0 aliphatic carbocycles. The molecular formula is C12H20N4. The number of hydrogen-bond acceptors (Lipinski definition) is 3. The molecule has 2 bridgehead atoms. The molecule has 3 saturated heterocycles. The second-order valence-electron chi connectivity index (χ2n) is 4.97. The molecule has 1 aromatic rings. The number of nitrogens with one attached hydrogen (secondary N) is 1. The number of rotatable bonds is 4. The van der Waals surface area contributed by atoms with Gasteiger partial charge in [0.2, 0.25) is 0 Å². The molecule has 0 saturated carbocycles. The second-order valence-corrected chi connectivity index (χ2v) is 4.97. The molecular weight excluding hydrogens is 200 g/mol. The predicted octanol–water partition coefficient (Wildman–Crippen LogP) is 0.567. The molecule has 3 fully saturated rings. The normalized spacial score (nSPS) is 33.1. The van der Waals surface area contributed by atoms with Gasteiger partial charge in [0.05, 0.1) is 6.54 Å². The summed E-state index contributed by atoms with van der Waals surface area (Å²) in [6.07, 6.45) is 6.64. The molecule has 0 aromatic carbocycles. The Balaban J connectivity index is 1.45. The van der Waals surface area contributed by atoms with Crippen molar-refractivity contribution in [2.24, 2.45) is 5.92 Å². The van der Waals surface area contributed by atoms with E-state index in [1.807, 2.05) is 23.1 Å². The first-order valence-corrected chi connectivity index (χ1v) is 6.35. The number of hydrogen-bond donors (Lipinski definition) is 1. The maximum atomic E-state index is 4.21. The lowest BCUT2D eigenvalue weighted by Crippen LogP contribution is -2.56. The summed E-state index contributed by atoms with van der Waals surface area (Å²) in [5.74, 6) is 0.919. The average Bonchev–Trinajstić information content (AvgIpc) is 2.84. The van der Waals surface area contributed by atoms with E-state index in [-0.39, 0.29) is 0 Å². The minimum Gasteiger partial charge on any atom is -0.311 e. The molecule has 16 heavy (non-hydrogen) atoms. The van der Waals surface area contributed by atoms with E-state index >= 15 is 0 Å². The topological polar surface area (TPSA) is 33.1 Å². The van der Waals surface area contributed by atoms with Gasteiger partial charge >= 0.3 is 0 Å². The Morgan fingerprint density at radius 2 is 2.19 bits per heavy atom. The van der Waals surface area contributed by atoms with Crippen LogP contribution in [0.25, 0.3) is 0 Å². The summed E-state index contributed by atoms with van der Waals surface area (Å²) in [4.78, 5) is 2.59. The summed E-state index contributed by atoms with van der Waals surface area (Å²) in [7, 11) is 0. The molecule has 4 rings (SSSR count). The third kappa shape index (κ3) is 2.13. The lowest BCUT2D eigenvalue weighted by molar-refractivity contribution is 0.0724. The fraction of sp³-hybridized carbons (Fsp3) is 0.750. The largest absolute Gasteiger partial charge is 0.311 e. The van der Waals surface area contributed by atoms with Crippen molar-refractivity contribution in [1.82, 2.24) is 20.0 Å². The predicted molar refractivity (Wildman–Crippen MR) is 63.2 cm³/mol. The van der Waals surface area contributed by atoms with Crippen LogP contribution in [0, 0.1) is 5.92 Å². The van der Waals surface area contributed by atoms with Gasteiger partial charge in [-0.3, -0.25) is 4.68 Å². The van der Waals surface area contributed by atoms with Crippen LogP contribution in [0.1, 0.15) is 12.8 Å². The highest BCUT2D eigenvalue weighted by molar-refractivity contribution is 4.90. The molecule has 1 atom stereocenters. The van der Waals surface area contributed by atoms with Crippen LogP contribution >= 0.6 is 0 Å². The van der Waals surface area contributed by atoms with Crippen molar-refractivity contribution in [3.05, 3.63) is 18.5 Å². The number of nitrogens with zero attached hydrogens (tertiary/aromatic N) is 3. The molecule has 0 radical (unpaired) electrons. The van der Waals surface area contributed by atoms with Gasteiger partial charge in [0, 0.05) is 31.5 Å². The van der Waals surface area contributed by atoms with Gasteiger partial charge in [-0.25, -0.2) is 0 Å². The van der Waals surface area contributed by atoms with E-state index < -0.39 is 0 Å². The van der Waals surface area contributed by atoms with Gasteiger partial charge in [-0.1, -0.05) is 0 Å². The van der Waals surface area contributed by atoms with Crippen molar-refractivity contribution in [3.8, 4) is 0 Å². The van der Waals surface area contributed by atoms with E-state index in [4.69, 9.17) is 0 Å². The van der Waals surface area contributed by atoms with Crippen LogP contribution in [0.3, 0.4) is 0 Å². The molecule has 1 N–H and O–H groups in total. The van der Waals surface area contributed by atoms with E-state index in [2.05, 4.69) is 15.3 Å². The Morgan fingerprint density at radius 3 is 2.81 bits per heavy atom. The third-order valence-electron chi connectivity index (χ3n) is 3.96. The molecule has 1 unspecified atom stereocenters. The van der Waals surface area contributed by atoms with Gasteiger partial charge in [0.25, 0.3) is 0 Å². The van der Waals surface area contributed by atoms with E-state index in [1.54, 1.807) is 0 Å². The second kappa shape index (κ2) is 4.55.